The van der Waals surface area contributed by atoms with Gasteiger partial charge in [0.25, 0.3) is 5.91 Å². The molecule has 0 radical (unpaired) electrons. The highest BCUT2D eigenvalue weighted by Gasteiger charge is 2.39. The first-order valence-electron chi connectivity index (χ1n) is 8.80. The van der Waals surface area contributed by atoms with Crippen molar-refractivity contribution in [2.24, 2.45) is 0 Å². The third-order valence-corrected chi connectivity index (χ3v) is 5.25. The maximum atomic E-state index is 13.3. The minimum atomic E-state index is 0. The molecule has 2 fully saturated rings. The van der Waals surface area contributed by atoms with Crippen LogP contribution in [0, 0.1) is 6.92 Å². The normalized spacial score (nSPS) is 22.9. The van der Waals surface area contributed by atoms with Crippen LogP contribution in [0.2, 0.25) is 0 Å². The van der Waals surface area contributed by atoms with Gasteiger partial charge in [0, 0.05) is 29.9 Å². The van der Waals surface area contributed by atoms with Gasteiger partial charge in [-0.05, 0) is 51.6 Å². The summed E-state index contributed by atoms with van der Waals surface area (Å²) in [5.41, 5.74) is 3.10. The SMILES string of the molecule is CCCc1c(C(=O)N2C3CCNCC2CC3)[nH]c(C)c1C(C)=O.Cl. The van der Waals surface area contributed by atoms with Crippen molar-refractivity contribution < 1.29 is 9.59 Å². The van der Waals surface area contributed by atoms with Gasteiger partial charge in [-0.25, -0.2) is 0 Å². The summed E-state index contributed by atoms with van der Waals surface area (Å²) in [7, 11) is 0. The van der Waals surface area contributed by atoms with Crippen LogP contribution < -0.4 is 5.32 Å². The molecule has 0 spiro atoms. The number of carbonyl (C=O) groups is 2. The van der Waals surface area contributed by atoms with Gasteiger partial charge < -0.3 is 15.2 Å². The lowest BCUT2D eigenvalue weighted by Crippen LogP contribution is -2.43. The molecule has 1 aromatic rings. The molecule has 3 rings (SSSR count). The van der Waals surface area contributed by atoms with E-state index in [-0.39, 0.29) is 30.1 Å². The van der Waals surface area contributed by atoms with Crippen LogP contribution in [0.15, 0.2) is 0 Å². The van der Waals surface area contributed by atoms with Crippen LogP contribution >= 0.6 is 12.4 Å². The molecule has 1 amide bonds. The number of nitrogens with one attached hydrogen (secondary N) is 2. The number of rotatable bonds is 4. The van der Waals surface area contributed by atoms with Gasteiger partial charge in [0.1, 0.15) is 5.69 Å². The molecule has 5 nitrogen and oxygen atoms in total. The summed E-state index contributed by atoms with van der Waals surface area (Å²) in [5.74, 6) is 0.127. The summed E-state index contributed by atoms with van der Waals surface area (Å²) in [6.07, 6.45) is 4.88. The molecule has 0 aliphatic carbocycles. The zero-order valence-electron chi connectivity index (χ0n) is 14.8. The largest absolute Gasteiger partial charge is 0.354 e. The lowest BCUT2D eigenvalue weighted by molar-refractivity contribution is 0.0673. The number of aryl methyl sites for hydroxylation is 1. The molecule has 2 bridgehead atoms. The number of carbonyl (C=O) groups excluding carboxylic acids is 2. The van der Waals surface area contributed by atoms with Gasteiger partial charge >= 0.3 is 0 Å². The van der Waals surface area contributed by atoms with Crippen LogP contribution in [0.3, 0.4) is 0 Å². The fourth-order valence-corrected chi connectivity index (χ4v) is 4.28. The number of amides is 1. The van der Waals surface area contributed by atoms with Crippen LogP contribution in [0.1, 0.15) is 71.6 Å². The minimum absolute atomic E-state index is 0. The number of aromatic nitrogens is 1. The first-order chi connectivity index (χ1) is 11.0. The first-order valence-corrected chi connectivity index (χ1v) is 8.80. The fourth-order valence-electron chi connectivity index (χ4n) is 4.28. The van der Waals surface area contributed by atoms with Gasteiger partial charge in [-0.15, -0.1) is 12.4 Å². The standard InChI is InChI=1S/C18H27N3O2.ClH/c1-4-5-15-16(12(3)22)11(2)20-17(15)18(23)21-13-6-7-14(21)10-19-9-8-13;/h13-14,19-20H,4-10H2,1-3H3;1H. The van der Waals surface area contributed by atoms with Crippen molar-refractivity contribution in [3.63, 3.8) is 0 Å². The minimum Gasteiger partial charge on any atom is -0.354 e. The van der Waals surface area contributed by atoms with Crippen molar-refractivity contribution in [3.05, 3.63) is 22.5 Å². The summed E-state index contributed by atoms with van der Waals surface area (Å²) in [6.45, 7) is 7.42. The Hall–Kier alpha value is -1.33. The van der Waals surface area contributed by atoms with Gasteiger partial charge in [-0.3, -0.25) is 9.59 Å². The molecule has 2 unspecified atom stereocenters. The van der Waals surface area contributed by atoms with Crippen molar-refractivity contribution in [2.45, 2.75) is 65.0 Å². The molecule has 2 atom stereocenters. The quantitative estimate of drug-likeness (QED) is 0.818. The highest BCUT2D eigenvalue weighted by Crippen LogP contribution is 2.31. The molecule has 2 N–H and O–H groups in total. The second-order valence-electron chi connectivity index (χ2n) is 6.87. The number of hydrogen-bond acceptors (Lipinski definition) is 3. The average Bonchev–Trinajstić information content (AvgIpc) is 2.94. The molecule has 1 aromatic heterocycles. The summed E-state index contributed by atoms with van der Waals surface area (Å²) in [6, 6.07) is 0.621. The van der Waals surface area contributed by atoms with E-state index in [1.54, 1.807) is 6.92 Å². The Balaban J connectivity index is 0.00000208. The van der Waals surface area contributed by atoms with Crippen LogP contribution in [-0.4, -0.2) is 46.7 Å². The van der Waals surface area contributed by atoms with Crippen LogP contribution in [0.5, 0.6) is 0 Å². The molecule has 0 saturated carbocycles. The van der Waals surface area contributed by atoms with Crippen molar-refractivity contribution in [1.29, 1.82) is 0 Å². The van der Waals surface area contributed by atoms with Gasteiger partial charge in [0.2, 0.25) is 0 Å². The highest BCUT2D eigenvalue weighted by atomic mass is 35.5. The summed E-state index contributed by atoms with van der Waals surface area (Å²) in [4.78, 5) is 30.6. The average molecular weight is 354 g/mol. The molecule has 0 aromatic carbocycles. The van der Waals surface area contributed by atoms with E-state index in [0.29, 0.717) is 11.7 Å². The predicted octanol–water partition coefficient (Wildman–Crippen LogP) is 2.87. The fraction of sp³-hybridized carbons (Fsp3) is 0.667. The lowest BCUT2D eigenvalue weighted by Gasteiger charge is -2.28. The number of ketones is 1. The van der Waals surface area contributed by atoms with E-state index in [4.69, 9.17) is 0 Å². The summed E-state index contributed by atoms with van der Waals surface area (Å²) in [5, 5.41) is 3.43. The molecular formula is C18H28ClN3O2. The lowest BCUT2D eigenvalue weighted by atomic mass is 10.0. The van der Waals surface area contributed by atoms with Crippen molar-refractivity contribution in [1.82, 2.24) is 15.2 Å². The summed E-state index contributed by atoms with van der Waals surface area (Å²) >= 11 is 0. The Morgan fingerprint density at radius 2 is 1.92 bits per heavy atom. The number of nitrogens with zero attached hydrogens (tertiary/aromatic N) is 1. The number of aromatic amines is 1. The smallest absolute Gasteiger partial charge is 0.271 e. The maximum Gasteiger partial charge on any atom is 0.271 e. The van der Waals surface area contributed by atoms with Crippen LogP contribution in [-0.2, 0) is 6.42 Å². The number of halogens is 1. The Bertz CT molecular complexity index is 612. The van der Waals surface area contributed by atoms with Crippen molar-refractivity contribution in [3.8, 4) is 0 Å². The Morgan fingerprint density at radius 3 is 2.58 bits per heavy atom. The number of Topliss-reactive ketones (excluding diaryl/α,β-unsaturated/α-hetero) is 1. The van der Waals surface area contributed by atoms with Gasteiger partial charge in [-0.2, -0.15) is 0 Å². The zero-order chi connectivity index (χ0) is 16.6. The molecule has 134 valence electrons. The Kier molecular flexibility index (Phi) is 6.10. The highest BCUT2D eigenvalue weighted by molar-refractivity contribution is 6.03. The zero-order valence-corrected chi connectivity index (χ0v) is 15.6. The number of fused-ring (bicyclic) bond motifs is 2. The van der Waals surface area contributed by atoms with Crippen LogP contribution in [0.25, 0.3) is 0 Å². The van der Waals surface area contributed by atoms with E-state index in [2.05, 4.69) is 22.1 Å². The number of H-pyrrole nitrogens is 1. The molecule has 2 aliphatic rings. The molecule has 2 saturated heterocycles. The van der Waals surface area contributed by atoms with E-state index in [0.717, 1.165) is 62.0 Å². The van der Waals surface area contributed by atoms with E-state index >= 15 is 0 Å². The molecule has 2 aliphatic heterocycles. The molecule has 6 heteroatoms. The third kappa shape index (κ3) is 3.24. The molecule has 24 heavy (non-hydrogen) atoms. The molecular weight excluding hydrogens is 326 g/mol. The van der Waals surface area contributed by atoms with E-state index in [9.17, 15) is 9.59 Å². The van der Waals surface area contributed by atoms with Crippen LogP contribution in [0.4, 0.5) is 0 Å². The predicted molar refractivity (Wildman–Crippen MR) is 97.2 cm³/mol. The first kappa shape index (κ1) is 19.0. The Labute approximate surface area is 150 Å². The van der Waals surface area contributed by atoms with E-state index in [1.165, 1.54) is 0 Å². The van der Waals surface area contributed by atoms with Gasteiger partial charge in [-0.1, -0.05) is 13.3 Å². The van der Waals surface area contributed by atoms with Gasteiger partial charge in [0.15, 0.2) is 5.78 Å². The monoisotopic (exact) mass is 353 g/mol. The topological polar surface area (TPSA) is 65.2 Å². The number of hydrogen-bond donors (Lipinski definition) is 2. The molecule has 3 heterocycles. The van der Waals surface area contributed by atoms with E-state index in [1.807, 2.05) is 6.92 Å². The van der Waals surface area contributed by atoms with Crippen molar-refractivity contribution >= 4 is 24.1 Å². The second-order valence-corrected chi connectivity index (χ2v) is 6.87. The van der Waals surface area contributed by atoms with Gasteiger partial charge in [0.05, 0.1) is 0 Å². The van der Waals surface area contributed by atoms with Crippen molar-refractivity contribution in [2.75, 3.05) is 13.1 Å². The maximum absolute atomic E-state index is 13.3. The Morgan fingerprint density at radius 1 is 1.21 bits per heavy atom. The second kappa shape index (κ2) is 7.70. The third-order valence-electron chi connectivity index (χ3n) is 5.25. The summed E-state index contributed by atoms with van der Waals surface area (Å²) < 4.78 is 0. The van der Waals surface area contributed by atoms with E-state index < -0.39 is 0 Å².